The highest BCUT2D eigenvalue weighted by Gasteiger charge is 2.15. The molecule has 0 amide bonds. The van der Waals surface area contributed by atoms with Crippen LogP contribution in [0.1, 0.15) is 22.3 Å². The standard InChI is InChI=1S/C12H18N2O2/c1-7-8(2)12(15)11(13-4)9(3)10(7)6-14-16-5/h14-15H,4,6H2,1-3,5H3. The van der Waals surface area contributed by atoms with Crippen LogP contribution >= 0.6 is 0 Å². The van der Waals surface area contributed by atoms with Gasteiger partial charge in [-0.2, -0.15) is 5.48 Å². The van der Waals surface area contributed by atoms with Crippen LogP contribution in [0.4, 0.5) is 5.69 Å². The maximum absolute atomic E-state index is 9.92. The first-order chi connectivity index (χ1) is 7.54. The van der Waals surface area contributed by atoms with E-state index in [4.69, 9.17) is 4.84 Å². The van der Waals surface area contributed by atoms with Crippen molar-refractivity contribution < 1.29 is 9.94 Å². The number of nitrogens with zero attached hydrogens (tertiary/aromatic N) is 1. The van der Waals surface area contributed by atoms with Crippen molar-refractivity contribution in [3.8, 4) is 5.75 Å². The molecule has 0 heterocycles. The van der Waals surface area contributed by atoms with Gasteiger partial charge in [-0.25, -0.2) is 0 Å². The third-order valence-electron chi connectivity index (χ3n) is 2.95. The summed E-state index contributed by atoms with van der Waals surface area (Å²) in [6.07, 6.45) is 0. The molecule has 0 aliphatic rings. The summed E-state index contributed by atoms with van der Waals surface area (Å²) in [7, 11) is 1.57. The second kappa shape index (κ2) is 5.09. The van der Waals surface area contributed by atoms with Gasteiger partial charge in [0.1, 0.15) is 11.4 Å². The Labute approximate surface area is 95.9 Å². The molecular formula is C12H18N2O2. The fourth-order valence-electron chi connectivity index (χ4n) is 1.79. The van der Waals surface area contributed by atoms with Gasteiger partial charge < -0.3 is 9.94 Å². The molecule has 0 bridgehead atoms. The Morgan fingerprint density at radius 1 is 1.25 bits per heavy atom. The van der Waals surface area contributed by atoms with Gasteiger partial charge in [0.05, 0.1) is 7.11 Å². The van der Waals surface area contributed by atoms with Crippen molar-refractivity contribution in [1.82, 2.24) is 5.48 Å². The third-order valence-corrected chi connectivity index (χ3v) is 2.95. The topological polar surface area (TPSA) is 53.9 Å². The maximum atomic E-state index is 9.92. The van der Waals surface area contributed by atoms with Gasteiger partial charge in [0.15, 0.2) is 0 Å². The van der Waals surface area contributed by atoms with E-state index in [2.05, 4.69) is 17.2 Å². The van der Waals surface area contributed by atoms with Crippen LogP contribution in [-0.4, -0.2) is 18.9 Å². The average molecular weight is 222 g/mol. The first-order valence-corrected chi connectivity index (χ1v) is 5.08. The Kier molecular flexibility index (Phi) is 4.04. The molecule has 0 atom stereocenters. The highest BCUT2D eigenvalue weighted by Crippen LogP contribution is 2.38. The lowest BCUT2D eigenvalue weighted by Gasteiger charge is -2.16. The summed E-state index contributed by atoms with van der Waals surface area (Å²) in [5.74, 6) is 0.214. The van der Waals surface area contributed by atoms with Crippen LogP contribution < -0.4 is 5.48 Å². The summed E-state index contributed by atoms with van der Waals surface area (Å²) in [6, 6.07) is 0. The van der Waals surface area contributed by atoms with Gasteiger partial charge in [-0.1, -0.05) is 0 Å². The van der Waals surface area contributed by atoms with E-state index in [1.54, 1.807) is 7.11 Å². The Hall–Kier alpha value is -1.39. The number of hydrogen-bond donors (Lipinski definition) is 2. The SMILES string of the molecule is C=Nc1c(C)c(CNOC)c(C)c(C)c1O. The summed E-state index contributed by atoms with van der Waals surface area (Å²) in [5.41, 5.74) is 7.25. The Bertz CT molecular complexity index is 414. The lowest BCUT2D eigenvalue weighted by Crippen LogP contribution is -2.13. The molecule has 0 fully saturated rings. The van der Waals surface area contributed by atoms with E-state index in [1.165, 1.54) is 0 Å². The van der Waals surface area contributed by atoms with Crippen LogP contribution in [0.25, 0.3) is 0 Å². The highest BCUT2D eigenvalue weighted by molar-refractivity contribution is 5.67. The minimum Gasteiger partial charge on any atom is -0.505 e. The van der Waals surface area contributed by atoms with E-state index in [-0.39, 0.29) is 5.75 Å². The van der Waals surface area contributed by atoms with Gasteiger partial charge in [-0.05, 0) is 49.7 Å². The molecule has 4 nitrogen and oxygen atoms in total. The zero-order chi connectivity index (χ0) is 12.3. The third kappa shape index (κ3) is 2.08. The quantitative estimate of drug-likeness (QED) is 0.607. The molecule has 88 valence electrons. The molecule has 0 unspecified atom stereocenters. The van der Waals surface area contributed by atoms with E-state index in [0.717, 1.165) is 22.3 Å². The lowest BCUT2D eigenvalue weighted by molar-refractivity contribution is 0.0864. The van der Waals surface area contributed by atoms with Gasteiger partial charge in [-0.3, -0.25) is 4.99 Å². The lowest BCUT2D eigenvalue weighted by atomic mass is 9.95. The second-order valence-corrected chi connectivity index (χ2v) is 3.73. The van der Waals surface area contributed by atoms with E-state index in [0.29, 0.717) is 12.2 Å². The largest absolute Gasteiger partial charge is 0.505 e. The molecule has 4 heteroatoms. The number of aliphatic imine (C=N–C) groups is 1. The average Bonchev–Trinajstić information content (AvgIpc) is 2.27. The molecule has 1 rings (SSSR count). The Morgan fingerprint density at radius 2 is 1.88 bits per heavy atom. The van der Waals surface area contributed by atoms with Crippen molar-refractivity contribution in [1.29, 1.82) is 0 Å². The van der Waals surface area contributed by atoms with Crippen molar-refractivity contribution in [3.63, 3.8) is 0 Å². The molecule has 0 radical (unpaired) electrons. The molecule has 2 N–H and O–H groups in total. The van der Waals surface area contributed by atoms with E-state index >= 15 is 0 Å². The first kappa shape index (κ1) is 12.7. The summed E-state index contributed by atoms with van der Waals surface area (Å²) in [4.78, 5) is 8.71. The van der Waals surface area contributed by atoms with Gasteiger partial charge in [0.2, 0.25) is 0 Å². The Morgan fingerprint density at radius 3 is 2.38 bits per heavy atom. The molecule has 0 aromatic heterocycles. The number of phenolic OH excluding ortho intramolecular Hbond substituents is 1. The van der Waals surface area contributed by atoms with Gasteiger partial charge in [-0.15, -0.1) is 0 Å². The zero-order valence-corrected chi connectivity index (χ0v) is 10.2. The maximum Gasteiger partial charge on any atom is 0.144 e. The van der Waals surface area contributed by atoms with E-state index in [1.807, 2.05) is 20.8 Å². The Balaban J connectivity index is 3.36. The fraction of sp³-hybridized carbons (Fsp3) is 0.417. The molecule has 0 saturated carbocycles. The molecule has 16 heavy (non-hydrogen) atoms. The van der Waals surface area contributed by atoms with Gasteiger partial charge in [0, 0.05) is 6.54 Å². The van der Waals surface area contributed by atoms with Crippen LogP contribution in [0.5, 0.6) is 5.75 Å². The second-order valence-electron chi connectivity index (χ2n) is 3.73. The molecule has 0 aliphatic heterocycles. The minimum absolute atomic E-state index is 0.214. The zero-order valence-electron chi connectivity index (χ0n) is 10.2. The van der Waals surface area contributed by atoms with Crippen molar-refractivity contribution in [2.24, 2.45) is 4.99 Å². The van der Waals surface area contributed by atoms with Crippen LogP contribution in [0.15, 0.2) is 4.99 Å². The summed E-state index contributed by atoms with van der Waals surface area (Å²) in [6.45, 7) is 9.83. The first-order valence-electron chi connectivity index (χ1n) is 5.08. The van der Waals surface area contributed by atoms with Crippen molar-refractivity contribution in [2.75, 3.05) is 7.11 Å². The molecule has 0 saturated heterocycles. The number of aromatic hydroxyl groups is 1. The summed E-state index contributed by atoms with van der Waals surface area (Å²) in [5, 5.41) is 9.92. The molecule has 0 spiro atoms. The monoisotopic (exact) mass is 222 g/mol. The molecular weight excluding hydrogens is 204 g/mol. The number of hydroxylamine groups is 1. The normalized spacial score (nSPS) is 10.5. The molecule has 0 aliphatic carbocycles. The number of nitrogens with one attached hydrogen (secondary N) is 1. The smallest absolute Gasteiger partial charge is 0.144 e. The number of hydrogen-bond acceptors (Lipinski definition) is 4. The van der Waals surface area contributed by atoms with Gasteiger partial charge in [0.25, 0.3) is 0 Å². The number of benzene rings is 1. The van der Waals surface area contributed by atoms with Crippen molar-refractivity contribution >= 4 is 12.4 Å². The van der Waals surface area contributed by atoms with Crippen LogP contribution in [0, 0.1) is 20.8 Å². The van der Waals surface area contributed by atoms with E-state index in [9.17, 15) is 5.11 Å². The van der Waals surface area contributed by atoms with Crippen LogP contribution in [0.2, 0.25) is 0 Å². The predicted octanol–water partition coefficient (Wildman–Crippen LogP) is 2.30. The fourth-order valence-corrected chi connectivity index (χ4v) is 1.79. The van der Waals surface area contributed by atoms with Crippen molar-refractivity contribution in [3.05, 3.63) is 22.3 Å². The number of rotatable bonds is 4. The summed E-state index contributed by atoms with van der Waals surface area (Å²) >= 11 is 0. The van der Waals surface area contributed by atoms with Crippen LogP contribution in [-0.2, 0) is 11.4 Å². The summed E-state index contributed by atoms with van der Waals surface area (Å²) < 4.78 is 0. The molecule has 1 aromatic carbocycles. The van der Waals surface area contributed by atoms with E-state index < -0.39 is 0 Å². The van der Waals surface area contributed by atoms with Crippen molar-refractivity contribution in [2.45, 2.75) is 27.3 Å². The van der Waals surface area contributed by atoms with Gasteiger partial charge >= 0.3 is 0 Å². The predicted molar refractivity (Wildman–Crippen MR) is 65.4 cm³/mol. The van der Waals surface area contributed by atoms with Crippen LogP contribution in [0.3, 0.4) is 0 Å². The minimum atomic E-state index is 0.214. The number of phenols is 1. The molecule has 1 aromatic rings. The highest BCUT2D eigenvalue weighted by atomic mass is 16.6.